The topological polar surface area (TPSA) is 162 Å². The quantitative estimate of drug-likeness (QED) is 0.187. The van der Waals surface area contributed by atoms with E-state index in [0.29, 0.717) is 39.0 Å². The maximum Gasteiger partial charge on any atom is 0.236 e. The number of carbonyl (C=O) groups excluding carboxylic acids is 2. The highest BCUT2D eigenvalue weighted by Gasteiger charge is 2.12. The first-order chi connectivity index (χ1) is 12.5. The highest BCUT2D eigenvalue weighted by Crippen LogP contribution is 2.01. The average molecular weight is 409 g/mol. The Labute approximate surface area is 170 Å². The van der Waals surface area contributed by atoms with E-state index in [1.54, 1.807) is 0 Å². The lowest BCUT2D eigenvalue weighted by atomic mass is 10.1. The van der Waals surface area contributed by atoms with Crippen molar-refractivity contribution in [1.29, 1.82) is 0 Å². The summed E-state index contributed by atoms with van der Waals surface area (Å²) in [6.45, 7) is 2.55. The zero-order valence-electron chi connectivity index (χ0n) is 16.6. The SMILES string of the molecule is Cl.NCCCC[C@H](N)C(=O)NCCCCCCNC(=O)[C@@H](N)CCCCN. The van der Waals surface area contributed by atoms with Crippen molar-refractivity contribution in [2.75, 3.05) is 26.2 Å². The van der Waals surface area contributed by atoms with Gasteiger partial charge in [-0.25, -0.2) is 0 Å². The number of amides is 2. The van der Waals surface area contributed by atoms with Crippen molar-refractivity contribution in [1.82, 2.24) is 10.6 Å². The third-order valence-corrected chi connectivity index (χ3v) is 4.31. The molecule has 0 spiro atoms. The molecule has 0 rings (SSSR count). The van der Waals surface area contributed by atoms with E-state index in [0.717, 1.165) is 51.4 Å². The summed E-state index contributed by atoms with van der Waals surface area (Å²) in [5.74, 6) is -0.171. The lowest BCUT2D eigenvalue weighted by molar-refractivity contribution is -0.123. The number of hydrogen-bond donors (Lipinski definition) is 6. The fourth-order valence-corrected chi connectivity index (χ4v) is 2.57. The Balaban J connectivity index is 0. The Morgan fingerprint density at radius 1 is 0.630 bits per heavy atom. The largest absolute Gasteiger partial charge is 0.355 e. The molecule has 0 unspecified atom stereocenters. The summed E-state index contributed by atoms with van der Waals surface area (Å²) in [5, 5.41) is 5.73. The molecule has 0 saturated heterocycles. The third-order valence-electron chi connectivity index (χ3n) is 4.31. The van der Waals surface area contributed by atoms with E-state index < -0.39 is 12.1 Å². The van der Waals surface area contributed by atoms with Crippen LogP contribution in [-0.2, 0) is 9.59 Å². The Morgan fingerprint density at radius 2 is 1.00 bits per heavy atom. The van der Waals surface area contributed by atoms with Gasteiger partial charge in [0.1, 0.15) is 0 Å². The standard InChI is InChI=1S/C18H40N6O2.ClH/c19-11-5-3-9-15(21)17(25)23-13-7-1-2-8-14-24-18(26)16(22)10-4-6-12-20;/h15-16H,1-14,19-22H2,(H,23,25)(H,24,26);1H/t15-,16-;/m0./s1. The van der Waals surface area contributed by atoms with E-state index in [9.17, 15) is 9.59 Å². The second-order valence-corrected chi connectivity index (χ2v) is 6.78. The molecule has 0 radical (unpaired) electrons. The molecule has 0 aromatic heterocycles. The molecule has 162 valence electrons. The van der Waals surface area contributed by atoms with E-state index in [2.05, 4.69) is 10.6 Å². The van der Waals surface area contributed by atoms with Gasteiger partial charge in [-0.2, -0.15) is 0 Å². The van der Waals surface area contributed by atoms with Gasteiger partial charge in [0.15, 0.2) is 0 Å². The van der Waals surface area contributed by atoms with Gasteiger partial charge in [0.2, 0.25) is 11.8 Å². The van der Waals surface area contributed by atoms with E-state index >= 15 is 0 Å². The molecule has 27 heavy (non-hydrogen) atoms. The third kappa shape index (κ3) is 16.9. The molecule has 0 aliphatic carbocycles. The summed E-state index contributed by atoms with van der Waals surface area (Å²) in [6.07, 6.45) is 8.74. The van der Waals surface area contributed by atoms with Crippen LogP contribution in [0.5, 0.6) is 0 Å². The molecule has 0 aromatic carbocycles. The molecule has 10 N–H and O–H groups in total. The molecule has 0 saturated carbocycles. The number of nitrogens with two attached hydrogens (primary N) is 4. The summed E-state index contributed by atoms with van der Waals surface area (Å²) in [4.78, 5) is 23.5. The summed E-state index contributed by atoms with van der Waals surface area (Å²) < 4.78 is 0. The van der Waals surface area contributed by atoms with Crippen LogP contribution in [0.1, 0.15) is 64.2 Å². The summed E-state index contributed by atoms with van der Waals surface area (Å²) >= 11 is 0. The molecule has 0 aliphatic rings. The van der Waals surface area contributed by atoms with Gasteiger partial charge in [0, 0.05) is 13.1 Å². The van der Waals surface area contributed by atoms with Crippen LogP contribution in [0.4, 0.5) is 0 Å². The summed E-state index contributed by atoms with van der Waals surface area (Å²) in [6, 6.07) is -0.878. The highest BCUT2D eigenvalue weighted by molar-refractivity contribution is 5.85. The molecule has 9 heteroatoms. The number of hydrogen-bond acceptors (Lipinski definition) is 6. The molecule has 2 amide bonds. The van der Waals surface area contributed by atoms with Crippen LogP contribution in [-0.4, -0.2) is 50.1 Å². The van der Waals surface area contributed by atoms with Crippen molar-refractivity contribution in [3.05, 3.63) is 0 Å². The fourth-order valence-electron chi connectivity index (χ4n) is 2.57. The Kier molecular flexibility index (Phi) is 20.8. The Morgan fingerprint density at radius 3 is 1.33 bits per heavy atom. The minimum absolute atomic E-state index is 0. The van der Waals surface area contributed by atoms with Gasteiger partial charge in [-0.1, -0.05) is 25.7 Å². The fraction of sp³-hybridized carbons (Fsp3) is 0.889. The normalized spacial score (nSPS) is 12.7. The van der Waals surface area contributed by atoms with E-state index in [1.165, 1.54) is 0 Å². The van der Waals surface area contributed by atoms with Crippen molar-refractivity contribution in [2.24, 2.45) is 22.9 Å². The first-order valence-corrected chi connectivity index (χ1v) is 9.99. The molecule has 8 nitrogen and oxygen atoms in total. The zero-order valence-corrected chi connectivity index (χ0v) is 17.4. The van der Waals surface area contributed by atoms with Gasteiger partial charge < -0.3 is 33.6 Å². The predicted octanol–water partition coefficient (Wildman–Crippen LogP) is 0.114. The van der Waals surface area contributed by atoms with Gasteiger partial charge >= 0.3 is 0 Å². The van der Waals surface area contributed by atoms with E-state index in [4.69, 9.17) is 22.9 Å². The molecule has 2 atom stereocenters. The molecule has 0 fully saturated rings. The summed E-state index contributed by atoms with van der Waals surface area (Å²) in [7, 11) is 0. The molecule has 0 aliphatic heterocycles. The Bertz CT molecular complexity index is 340. The van der Waals surface area contributed by atoms with E-state index in [-0.39, 0.29) is 24.2 Å². The van der Waals surface area contributed by atoms with Crippen molar-refractivity contribution in [3.8, 4) is 0 Å². The minimum Gasteiger partial charge on any atom is -0.355 e. The molecular weight excluding hydrogens is 368 g/mol. The second-order valence-electron chi connectivity index (χ2n) is 6.78. The van der Waals surface area contributed by atoms with Gasteiger partial charge in [0.05, 0.1) is 12.1 Å². The maximum atomic E-state index is 11.8. The first-order valence-electron chi connectivity index (χ1n) is 9.99. The van der Waals surface area contributed by atoms with Crippen molar-refractivity contribution in [2.45, 2.75) is 76.3 Å². The van der Waals surface area contributed by atoms with Crippen LogP contribution in [0, 0.1) is 0 Å². The monoisotopic (exact) mass is 408 g/mol. The van der Waals surface area contributed by atoms with Gasteiger partial charge in [-0.15, -0.1) is 12.4 Å². The second kappa shape index (κ2) is 19.8. The smallest absolute Gasteiger partial charge is 0.236 e. The Hall–Kier alpha value is -0.930. The van der Waals surface area contributed by atoms with Crippen LogP contribution >= 0.6 is 12.4 Å². The van der Waals surface area contributed by atoms with Gasteiger partial charge in [-0.3, -0.25) is 9.59 Å². The van der Waals surface area contributed by atoms with Gasteiger partial charge in [0.25, 0.3) is 0 Å². The molecule has 0 bridgehead atoms. The number of unbranched alkanes of at least 4 members (excludes halogenated alkanes) is 5. The number of nitrogens with one attached hydrogen (secondary N) is 2. The maximum absolute atomic E-state index is 11.8. The van der Waals surface area contributed by atoms with Crippen LogP contribution in [0.15, 0.2) is 0 Å². The first kappa shape index (κ1) is 28.3. The van der Waals surface area contributed by atoms with Gasteiger partial charge in [-0.05, 0) is 51.6 Å². The highest BCUT2D eigenvalue weighted by atomic mass is 35.5. The zero-order chi connectivity index (χ0) is 19.6. The molecule has 0 heterocycles. The predicted molar refractivity (Wildman–Crippen MR) is 113 cm³/mol. The van der Waals surface area contributed by atoms with Crippen molar-refractivity contribution >= 4 is 24.2 Å². The number of rotatable bonds is 17. The van der Waals surface area contributed by atoms with Crippen LogP contribution < -0.4 is 33.6 Å². The van der Waals surface area contributed by atoms with Crippen LogP contribution in [0.25, 0.3) is 0 Å². The van der Waals surface area contributed by atoms with Crippen LogP contribution in [0.2, 0.25) is 0 Å². The van der Waals surface area contributed by atoms with E-state index in [1.807, 2.05) is 0 Å². The number of carbonyl (C=O) groups is 2. The lowest BCUT2D eigenvalue weighted by Gasteiger charge is -2.12. The molecule has 0 aromatic rings. The minimum atomic E-state index is -0.439. The lowest BCUT2D eigenvalue weighted by Crippen LogP contribution is -2.41. The average Bonchev–Trinajstić information content (AvgIpc) is 2.63. The van der Waals surface area contributed by atoms with Crippen LogP contribution in [0.3, 0.4) is 0 Å². The van der Waals surface area contributed by atoms with Crippen molar-refractivity contribution in [3.63, 3.8) is 0 Å². The summed E-state index contributed by atoms with van der Waals surface area (Å²) in [5.41, 5.74) is 22.5. The molecular formula is C18H41ClN6O2. The van der Waals surface area contributed by atoms with Crippen molar-refractivity contribution < 1.29 is 9.59 Å². The number of halogens is 1.